The molecule has 0 N–H and O–H groups in total. The van der Waals surface area contributed by atoms with Gasteiger partial charge >= 0.3 is 0 Å². The molecule has 0 bridgehead atoms. The Morgan fingerprint density at radius 3 is 2.65 bits per heavy atom. The number of aryl methyl sites for hydroxylation is 1. The molecule has 1 aliphatic rings. The van der Waals surface area contributed by atoms with Crippen molar-refractivity contribution < 1.29 is 0 Å². The monoisotopic (exact) mass is 302 g/mol. The first-order valence-electron chi connectivity index (χ1n) is 9.29. The predicted molar refractivity (Wildman–Crippen MR) is 101 cm³/mol. The fraction of sp³-hybridized carbons (Fsp3) is 0.391. The second-order valence-electron chi connectivity index (χ2n) is 7.19. The fourth-order valence-electron chi connectivity index (χ4n) is 4.35. The van der Waals surface area contributed by atoms with Gasteiger partial charge in [-0.15, -0.1) is 0 Å². The molecule has 0 nitrogen and oxygen atoms in total. The van der Waals surface area contributed by atoms with Crippen molar-refractivity contribution in [2.45, 2.75) is 51.9 Å². The minimum absolute atomic E-state index is 0.895. The van der Waals surface area contributed by atoms with E-state index in [1.165, 1.54) is 66.5 Å². The van der Waals surface area contributed by atoms with Gasteiger partial charge in [-0.05, 0) is 57.9 Å². The lowest BCUT2D eigenvalue weighted by atomic mass is 9.79. The standard InChI is InChI=1S/C23H26/c1-2-3-4-7-17-10-11-19-13-14-21-20-9-6-5-8-18(20)12-15-22(21)23(19)16-17/h5-6,8-9,12-15,17H,2-4,7,10-11,16H2,1H3. The van der Waals surface area contributed by atoms with Crippen molar-refractivity contribution >= 4 is 21.5 Å². The topological polar surface area (TPSA) is 0 Å². The van der Waals surface area contributed by atoms with E-state index < -0.39 is 0 Å². The van der Waals surface area contributed by atoms with E-state index in [9.17, 15) is 0 Å². The van der Waals surface area contributed by atoms with Gasteiger partial charge in [0.25, 0.3) is 0 Å². The highest BCUT2D eigenvalue weighted by atomic mass is 14.2. The molecule has 1 aliphatic carbocycles. The summed E-state index contributed by atoms with van der Waals surface area (Å²) in [5, 5.41) is 5.70. The van der Waals surface area contributed by atoms with Crippen LogP contribution in [0.15, 0.2) is 48.5 Å². The lowest BCUT2D eigenvalue weighted by Gasteiger charge is -2.26. The van der Waals surface area contributed by atoms with E-state index >= 15 is 0 Å². The molecule has 4 rings (SSSR count). The summed E-state index contributed by atoms with van der Waals surface area (Å²) < 4.78 is 0. The van der Waals surface area contributed by atoms with Gasteiger partial charge in [0.1, 0.15) is 0 Å². The molecule has 0 spiro atoms. The van der Waals surface area contributed by atoms with Crippen LogP contribution in [0.2, 0.25) is 0 Å². The SMILES string of the molecule is CCCCCC1CCc2ccc3c(ccc4ccccc43)c2C1. The molecule has 3 aromatic rings. The molecule has 0 aromatic heterocycles. The third-order valence-electron chi connectivity index (χ3n) is 5.67. The van der Waals surface area contributed by atoms with Crippen LogP contribution in [0.3, 0.4) is 0 Å². The molecular formula is C23H26. The molecule has 1 unspecified atom stereocenters. The van der Waals surface area contributed by atoms with Crippen molar-refractivity contribution in [2.75, 3.05) is 0 Å². The summed E-state index contributed by atoms with van der Waals surface area (Å²) in [5.74, 6) is 0.895. The van der Waals surface area contributed by atoms with Gasteiger partial charge in [0.05, 0.1) is 0 Å². The second kappa shape index (κ2) is 6.35. The quantitative estimate of drug-likeness (QED) is 0.372. The van der Waals surface area contributed by atoms with Gasteiger partial charge in [-0.25, -0.2) is 0 Å². The Kier molecular flexibility index (Phi) is 4.08. The smallest absolute Gasteiger partial charge is 0.0102 e. The zero-order valence-electron chi connectivity index (χ0n) is 14.1. The van der Waals surface area contributed by atoms with E-state index in [4.69, 9.17) is 0 Å². The molecule has 118 valence electrons. The summed E-state index contributed by atoms with van der Waals surface area (Å²) in [6, 6.07) is 18.2. The molecule has 0 aliphatic heterocycles. The highest BCUT2D eigenvalue weighted by Gasteiger charge is 2.20. The minimum Gasteiger partial charge on any atom is -0.0654 e. The Balaban J connectivity index is 1.74. The third kappa shape index (κ3) is 2.76. The van der Waals surface area contributed by atoms with E-state index in [1.54, 1.807) is 11.1 Å². The summed E-state index contributed by atoms with van der Waals surface area (Å²) in [7, 11) is 0. The van der Waals surface area contributed by atoms with Crippen LogP contribution in [0.5, 0.6) is 0 Å². The maximum Gasteiger partial charge on any atom is -0.0102 e. The summed E-state index contributed by atoms with van der Waals surface area (Å²) in [6.45, 7) is 2.30. The average molecular weight is 302 g/mol. The van der Waals surface area contributed by atoms with E-state index in [0.717, 1.165) is 5.92 Å². The van der Waals surface area contributed by atoms with E-state index in [-0.39, 0.29) is 0 Å². The number of hydrogen-bond donors (Lipinski definition) is 0. The number of fused-ring (bicyclic) bond motifs is 5. The highest BCUT2D eigenvalue weighted by Crippen LogP contribution is 2.36. The number of hydrogen-bond acceptors (Lipinski definition) is 0. The summed E-state index contributed by atoms with van der Waals surface area (Å²) in [4.78, 5) is 0. The molecule has 0 heteroatoms. The van der Waals surface area contributed by atoms with E-state index in [2.05, 4.69) is 55.5 Å². The van der Waals surface area contributed by atoms with Crippen molar-refractivity contribution in [3.8, 4) is 0 Å². The van der Waals surface area contributed by atoms with Crippen molar-refractivity contribution in [3.63, 3.8) is 0 Å². The summed E-state index contributed by atoms with van der Waals surface area (Å²) >= 11 is 0. The molecule has 23 heavy (non-hydrogen) atoms. The number of unbranched alkanes of at least 4 members (excludes halogenated alkanes) is 2. The Labute approximate surface area is 139 Å². The van der Waals surface area contributed by atoms with Crippen molar-refractivity contribution in [3.05, 3.63) is 59.7 Å². The van der Waals surface area contributed by atoms with Gasteiger partial charge in [0, 0.05) is 0 Å². The van der Waals surface area contributed by atoms with Gasteiger partial charge in [-0.1, -0.05) is 81.1 Å². The van der Waals surface area contributed by atoms with Crippen LogP contribution in [-0.4, -0.2) is 0 Å². The van der Waals surface area contributed by atoms with Crippen LogP contribution < -0.4 is 0 Å². The number of benzene rings is 3. The van der Waals surface area contributed by atoms with E-state index in [0.29, 0.717) is 0 Å². The molecular weight excluding hydrogens is 276 g/mol. The predicted octanol–water partition coefficient (Wildman–Crippen LogP) is 6.68. The van der Waals surface area contributed by atoms with Crippen LogP contribution in [0, 0.1) is 5.92 Å². The first-order chi connectivity index (χ1) is 11.4. The largest absolute Gasteiger partial charge is 0.0654 e. The molecule has 0 amide bonds. The molecule has 3 aromatic carbocycles. The zero-order valence-corrected chi connectivity index (χ0v) is 14.1. The minimum atomic E-state index is 0.895. The molecule has 0 fully saturated rings. The molecule has 0 saturated heterocycles. The Bertz CT molecular complexity index is 828. The van der Waals surface area contributed by atoms with Crippen molar-refractivity contribution in [1.82, 2.24) is 0 Å². The van der Waals surface area contributed by atoms with Gasteiger partial charge in [0.15, 0.2) is 0 Å². The normalized spacial score (nSPS) is 17.5. The highest BCUT2D eigenvalue weighted by molar-refractivity contribution is 6.08. The van der Waals surface area contributed by atoms with Crippen LogP contribution in [0.4, 0.5) is 0 Å². The fourth-order valence-corrected chi connectivity index (χ4v) is 4.35. The van der Waals surface area contributed by atoms with Gasteiger partial charge < -0.3 is 0 Å². The van der Waals surface area contributed by atoms with Gasteiger partial charge in [0.2, 0.25) is 0 Å². The average Bonchev–Trinajstić information content (AvgIpc) is 2.61. The van der Waals surface area contributed by atoms with E-state index in [1.807, 2.05) is 0 Å². The Hall–Kier alpha value is -1.82. The lowest BCUT2D eigenvalue weighted by molar-refractivity contribution is 0.410. The van der Waals surface area contributed by atoms with Crippen LogP contribution in [0.1, 0.15) is 50.2 Å². The molecule has 1 atom stereocenters. The summed E-state index contributed by atoms with van der Waals surface area (Å²) in [6.07, 6.45) is 9.49. The summed E-state index contributed by atoms with van der Waals surface area (Å²) in [5.41, 5.74) is 3.24. The molecule has 0 heterocycles. The van der Waals surface area contributed by atoms with Crippen LogP contribution in [-0.2, 0) is 12.8 Å². The Morgan fingerprint density at radius 1 is 0.870 bits per heavy atom. The third-order valence-corrected chi connectivity index (χ3v) is 5.67. The maximum atomic E-state index is 2.40. The molecule has 0 radical (unpaired) electrons. The Morgan fingerprint density at radius 2 is 1.74 bits per heavy atom. The van der Waals surface area contributed by atoms with Gasteiger partial charge in [-0.2, -0.15) is 0 Å². The number of rotatable bonds is 4. The zero-order chi connectivity index (χ0) is 15.6. The second-order valence-corrected chi connectivity index (χ2v) is 7.19. The van der Waals surface area contributed by atoms with Crippen LogP contribution in [0.25, 0.3) is 21.5 Å². The lowest BCUT2D eigenvalue weighted by Crippen LogP contribution is -2.14. The van der Waals surface area contributed by atoms with Gasteiger partial charge in [-0.3, -0.25) is 0 Å². The maximum absolute atomic E-state index is 2.40. The first-order valence-corrected chi connectivity index (χ1v) is 9.29. The van der Waals surface area contributed by atoms with Crippen molar-refractivity contribution in [1.29, 1.82) is 0 Å². The first kappa shape index (κ1) is 14.8. The van der Waals surface area contributed by atoms with Crippen LogP contribution >= 0.6 is 0 Å². The molecule has 0 saturated carbocycles. The van der Waals surface area contributed by atoms with Crippen molar-refractivity contribution in [2.24, 2.45) is 5.92 Å².